The van der Waals surface area contributed by atoms with Gasteiger partial charge in [0, 0.05) is 18.8 Å². The number of nitrogens with zero attached hydrogens (tertiary/aromatic N) is 2. The van der Waals surface area contributed by atoms with Gasteiger partial charge in [0.25, 0.3) is 0 Å². The van der Waals surface area contributed by atoms with Crippen LogP contribution in [0.2, 0.25) is 0 Å². The predicted molar refractivity (Wildman–Crippen MR) is 68.4 cm³/mol. The van der Waals surface area contributed by atoms with Crippen LogP contribution >= 0.6 is 0 Å². The maximum absolute atomic E-state index is 9.99. The predicted octanol–water partition coefficient (Wildman–Crippen LogP) is 1.40. The summed E-state index contributed by atoms with van der Waals surface area (Å²) < 4.78 is 0. The SMILES string of the molecule is CN(Cc1ccnc(N)c1)C1CCCCC1O. The van der Waals surface area contributed by atoms with Crippen LogP contribution in [-0.2, 0) is 6.54 Å². The highest BCUT2D eigenvalue weighted by atomic mass is 16.3. The average Bonchev–Trinajstić information content (AvgIpc) is 2.29. The van der Waals surface area contributed by atoms with Crippen molar-refractivity contribution in [2.75, 3.05) is 12.8 Å². The fraction of sp³-hybridized carbons (Fsp3) is 0.615. The molecule has 1 aliphatic carbocycles. The zero-order valence-electron chi connectivity index (χ0n) is 10.3. The van der Waals surface area contributed by atoms with Gasteiger partial charge in [-0.05, 0) is 37.6 Å². The van der Waals surface area contributed by atoms with Crippen LogP contribution in [-0.4, -0.2) is 34.2 Å². The fourth-order valence-corrected chi connectivity index (χ4v) is 2.60. The van der Waals surface area contributed by atoms with Gasteiger partial charge in [-0.2, -0.15) is 0 Å². The van der Waals surface area contributed by atoms with Crippen molar-refractivity contribution in [2.24, 2.45) is 0 Å². The lowest BCUT2D eigenvalue weighted by atomic mass is 9.91. The van der Waals surface area contributed by atoms with Gasteiger partial charge < -0.3 is 10.8 Å². The molecular formula is C13H21N3O. The minimum absolute atomic E-state index is 0.187. The van der Waals surface area contributed by atoms with Gasteiger partial charge in [0.15, 0.2) is 0 Å². The molecule has 2 rings (SSSR count). The van der Waals surface area contributed by atoms with Crippen molar-refractivity contribution in [3.05, 3.63) is 23.9 Å². The van der Waals surface area contributed by atoms with E-state index in [2.05, 4.69) is 16.9 Å². The Morgan fingerprint density at radius 3 is 2.94 bits per heavy atom. The Bertz CT molecular complexity index is 369. The molecule has 0 bridgehead atoms. The Kier molecular flexibility index (Phi) is 3.97. The molecule has 3 N–H and O–H groups in total. The minimum Gasteiger partial charge on any atom is -0.391 e. The molecule has 0 spiro atoms. The van der Waals surface area contributed by atoms with Crippen LogP contribution in [0.1, 0.15) is 31.2 Å². The molecule has 0 aromatic carbocycles. The molecule has 1 fully saturated rings. The van der Waals surface area contributed by atoms with Crippen molar-refractivity contribution >= 4 is 5.82 Å². The second-order valence-corrected chi connectivity index (χ2v) is 4.92. The smallest absolute Gasteiger partial charge is 0.123 e. The number of anilines is 1. The Hall–Kier alpha value is -1.13. The summed E-state index contributed by atoms with van der Waals surface area (Å²) in [5.74, 6) is 0.556. The zero-order chi connectivity index (χ0) is 12.3. The first-order chi connectivity index (χ1) is 8.16. The largest absolute Gasteiger partial charge is 0.391 e. The highest BCUT2D eigenvalue weighted by Gasteiger charge is 2.26. The Morgan fingerprint density at radius 2 is 2.24 bits per heavy atom. The summed E-state index contributed by atoms with van der Waals surface area (Å²) in [7, 11) is 2.07. The van der Waals surface area contributed by atoms with E-state index in [1.54, 1.807) is 6.20 Å². The van der Waals surface area contributed by atoms with E-state index in [1.807, 2.05) is 12.1 Å². The van der Waals surface area contributed by atoms with E-state index in [4.69, 9.17) is 5.73 Å². The fourth-order valence-electron chi connectivity index (χ4n) is 2.60. The van der Waals surface area contributed by atoms with Crippen LogP contribution in [0.4, 0.5) is 5.82 Å². The molecule has 1 aliphatic rings. The van der Waals surface area contributed by atoms with Crippen molar-refractivity contribution in [3.8, 4) is 0 Å². The number of rotatable bonds is 3. The van der Waals surface area contributed by atoms with Crippen molar-refractivity contribution in [2.45, 2.75) is 44.4 Å². The van der Waals surface area contributed by atoms with Crippen LogP contribution < -0.4 is 5.73 Å². The number of aliphatic hydroxyl groups is 1. The van der Waals surface area contributed by atoms with Gasteiger partial charge in [-0.1, -0.05) is 12.8 Å². The van der Waals surface area contributed by atoms with E-state index in [0.717, 1.165) is 31.4 Å². The van der Waals surface area contributed by atoms with Crippen LogP contribution in [0, 0.1) is 0 Å². The average molecular weight is 235 g/mol. The molecule has 94 valence electrons. The standard InChI is InChI=1S/C13H21N3O/c1-16(11-4-2-3-5-12(11)17)9-10-6-7-15-13(14)8-10/h6-8,11-12,17H,2-5,9H2,1H3,(H2,14,15). The number of hydrogen-bond acceptors (Lipinski definition) is 4. The molecule has 2 atom stereocenters. The van der Waals surface area contributed by atoms with Crippen molar-refractivity contribution in [3.63, 3.8) is 0 Å². The van der Waals surface area contributed by atoms with E-state index in [1.165, 1.54) is 6.42 Å². The molecule has 0 aliphatic heterocycles. The molecule has 1 aromatic rings. The third kappa shape index (κ3) is 3.17. The maximum atomic E-state index is 9.99. The molecule has 4 heteroatoms. The van der Waals surface area contributed by atoms with Crippen LogP contribution in [0.15, 0.2) is 18.3 Å². The minimum atomic E-state index is -0.187. The van der Waals surface area contributed by atoms with Crippen molar-refractivity contribution < 1.29 is 5.11 Å². The number of likely N-dealkylation sites (N-methyl/N-ethyl adjacent to an activating group) is 1. The van der Waals surface area contributed by atoms with Gasteiger partial charge in [0.05, 0.1) is 6.10 Å². The van der Waals surface area contributed by atoms with Crippen molar-refractivity contribution in [1.82, 2.24) is 9.88 Å². The Balaban J connectivity index is 1.98. The van der Waals surface area contributed by atoms with Crippen LogP contribution in [0.5, 0.6) is 0 Å². The van der Waals surface area contributed by atoms with Gasteiger partial charge in [-0.25, -0.2) is 4.98 Å². The summed E-state index contributed by atoms with van der Waals surface area (Å²) in [5.41, 5.74) is 6.81. The van der Waals surface area contributed by atoms with E-state index in [9.17, 15) is 5.11 Å². The molecule has 4 nitrogen and oxygen atoms in total. The molecule has 1 aromatic heterocycles. The molecule has 2 unspecified atom stereocenters. The summed E-state index contributed by atoms with van der Waals surface area (Å²) >= 11 is 0. The number of aliphatic hydroxyl groups excluding tert-OH is 1. The Morgan fingerprint density at radius 1 is 1.47 bits per heavy atom. The third-order valence-corrected chi connectivity index (χ3v) is 3.54. The maximum Gasteiger partial charge on any atom is 0.123 e. The molecule has 0 radical (unpaired) electrons. The second kappa shape index (κ2) is 5.47. The number of aromatic nitrogens is 1. The summed E-state index contributed by atoms with van der Waals surface area (Å²) in [4.78, 5) is 6.21. The third-order valence-electron chi connectivity index (χ3n) is 3.54. The molecular weight excluding hydrogens is 214 g/mol. The van der Waals surface area contributed by atoms with Crippen LogP contribution in [0.3, 0.4) is 0 Å². The first kappa shape index (κ1) is 12.3. The zero-order valence-corrected chi connectivity index (χ0v) is 10.3. The first-order valence-corrected chi connectivity index (χ1v) is 6.25. The molecule has 0 amide bonds. The van der Waals surface area contributed by atoms with E-state index in [0.29, 0.717) is 5.82 Å². The topological polar surface area (TPSA) is 62.4 Å². The summed E-state index contributed by atoms with van der Waals surface area (Å²) in [6, 6.07) is 4.14. The number of nitrogens with two attached hydrogens (primary N) is 1. The van der Waals surface area contributed by atoms with E-state index >= 15 is 0 Å². The van der Waals surface area contributed by atoms with E-state index in [-0.39, 0.29) is 12.1 Å². The summed E-state index contributed by atoms with van der Waals surface area (Å²) in [6.07, 6.45) is 5.91. The van der Waals surface area contributed by atoms with E-state index < -0.39 is 0 Å². The normalized spacial score (nSPS) is 25.1. The molecule has 1 saturated carbocycles. The quantitative estimate of drug-likeness (QED) is 0.831. The Labute approximate surface area is 102 Å². The van der Waals surface area contributed by atoms with Gasteiger partial charge in [0.2, 0.25) is 0 Å². The van der Waals surface area contributed by atoms with Gasteiger partial charge in [0.1, 0.15) is 5.82 Å². The summed E-state index contributed by atoms with van der Waals surface area (Å²) in [5, 5.41) is 9.99. The monoisotopic (exact) mass is 235 g/mol. The molecule has 17 heavy (non-hydrogen) atoms. The highest BCUT2D eigenvalue weighted by molar-refractivity contribution is 5.31. The van der Waals surface area contributed by atoms with Gasteiger partial charge >= 0.3 is 0 Å². The molecule has 0 saturated heterocycles. The van der Waals surface area contributed by atoms with Crippen molar-refractivity contribution in [1.29, 1.82) is 0 Å². The van der Waals surface area contributed by atoms with Crippen LogP contribution in [0.25, 0.3) is 0 Å². The summed E-state index contributed by atoms with van der Waals surface area (Å²) in [6.45, 7) is 0.814. The number of nitrogen functional groups attached to an aromatic ring is 1. The first-order valence-electron chi connectivity index (χ1n) is 6.25. The second-order valence-electron chi connectivity index (χ2n) is 4.92. The lowest BCUT2D eigenvalue weighted by molar-refractivity contribution is 0.0288. The van der Waals surface area contributed by atoms with Gasteiger partial charge in [-0.3, -0.25) is 4.90 Å². The number of hydrogen-bond donors (Lipinski definition) is 2. The lowest BCUT2D eigenvalue weighted by Crippen LogP contribution is -2.42. The highest BCUT2D eigenvalue weighted by Crippen LogP contribution is 2.23. The van der Waals surface area contributed by atoms with Gasteiger partial charge in [-0.15, -0.1) is 0 Å². The lowest BCUT2D eigenvalue weighted by Gasteiger charge is -2.35. The number of pyridine rings is 1. The molecule has 1 heterocycles.